The molecule has 0 aliphatic heterocycles. The minimum absolute atomic E-state index is 0.0595. The van der Waals surface area contributed by atoms with E-state index in [9.17, 15) is 0 Å². The molecule has 0 bridgehead atoms. The lowest BCUT2D eigenvalue weighted by atomic mass is 9.63. The second-order valence-corrected chi connectivity index (χ2v) is 23.1. The summed E-state index contributed by atoms with van der Waals surface area (Å²) in [6.07, 6.45) is 3.92. The zero-order valence-electron chi connectivity index (χ0n) is 45.8. The molecule has 10 aromatic rings. The number of nitrogens with zero attached hydrogens (tertiary/aromatic N) is 4. The maximum Gasteiger partial charge on any atom is 0.195 e. The summed E-state index contributed by atoms with van der Waals surface area (Å²) in [7, 11) is 0. The molecule has 1 aliphatic rings. The SMILES string of the molecule is Cc1ccccc1-n1cc(C(=O)c2cc(N(c3ccc(C(C)(C)C)cc3)c3cccc(N(c4ccccc4F)c4ccccc4F)c3)cc(N(c3ccccc3F)c3ccccc3F)c2)c2cc3c(cc21)C(C)(C)CCC3(C)C. The zero-order valence-corrected chi connectivity index (χ0v) is 45.8. The maximum atomic E-state index is 16.6. The number of aryl methyl sites for hydroxylation is 1. The number of anilines is 9. The van der Waals surface area contributed by atoms with Crippen molar-refractivity contribution in [3.05, 3.63) is 263 Å². The number of fused-ring (bicyclic) bond motifs is 2. The predicted octanol–water partition coefficient (Wildman–Crippen LogP) is 19.8. The van der Waals surface area contributed by atoms with E-state index in [0.717, 1.165) is 40.6 Å². The Bertz CT molecular complexity index is 3870. The minimum atomic E-state index is -0.607. The molecule has 9 aromatic carbocycles. The van der Waals surface area contributed by atoms with Crippen LogP contribution in [0.15, 0.2) is 206 Å². The molecule has 0 radical (unpaired) electrons. The number of carbonyl (C=O) groups is 1. The summed E-state index contributed by atoms with van der Waals surface area (Å²) >= 11 is 0. The fraction of sp³-hybridized carbons (Fsp3) is 0.186. The van der Waals surface area contributed by atoms with Gasteiger partial charge in [-0.15, -0.1) is 0 Å². The summed E-state index contributed by atoms with van der Waals surface area (Å²) in [5.41, 5.74) is 9.39. The number of para-hydroxylation sites is 5. The highest BCUT2D eigenvalue weighted by atomic mass is 19.1. The molecule has 0 amide bonds. The van der Waals surface area contributed by atoms with E-state index in [2.05, 4.69) is 96.4 Å². The highest BCUT2D eigenvalue weighted by Gasteiger charge is 2.38. The monoisotopic (exact) mass is 1050 g/mol. The van der Waals surface area contributed by atoms with E-state index in [-0.39, 0.29) is 50.3 Å². The minimum Gasteiger partial charge on any atom is -0.316 e. The lowest BCUT2D eigenvalue weighted by molar-refractivity contribution is 0.104. The van der Waals surface area contributed by atoms with Crippen LogP contribution in [-0.2, 0) is 16.2 Å². The standard InChI is InChI=1S/C70H62F4N4O/c1-45-20-9-14-27-61(45)75-44-54(53-42-55-56(43-66(53)75)70(7,8)37-36-69(55,5)6)67(79)46-38-51(41-52(39-46)78(64-30-17-12-25-59(64)73)65-31-18-13-26-60(65)74)76(48-34-32-47(33-35-48)68(2,3)4)49-21-19-22-50(40-49)77(62-28-15-10-23-57(62)71)63-29-16-11-24-58(63)72/h9-35,38-44H,36-37H2,1-8H3. The van der Waals surface area contributed by atoms with Gasteiger partial charge in [0.2, 0.25) is 0 Å². The van der Waals surface area contributed by atoms with Gasteiger partial charge in [-0.1, -0.05) is 133 Å². The summed E-state index contributed by atoms with van der Waals surface area (Å²) in [6, 6.07) is 58.3. The first-order valence-electron chi connectivity index (χ1n) is 26.8. The molecular weight excluding hydrogens is 989 g/mol. The van der Waals surface area contributed by atoms with Crippen molar-refractivity contribution in [2.45, 2.75) is 84.5 Å². The van der Waals surface area contributed by atoms with Gasteiger partial charge in [-0.25, -0.2) is 17.6 Å². The van der Waals surface area contributed by atoms with Gasteiger partial charge in [0.15, 0.2) is 5.78 Å². The van der Waals surface area contributed by atoms with E-state index in [1.54, 1.807) is 89.8 Å². The first-order chi connectivity index (χ1) is 37.8. The third-order valence-electron chi connectivity index (χ3n) is 15.8. The zero-order chi connectivity index (χ0) is 55.5. The summed E-state index contributed by atoms with van der Waals surface area (Å²) in [4.78, 5) is 21.3. The molecule has 0 saturated carbocycles. The van der Waals surface area contributed by atoms with Crippen molar-refractivity contribution < 1.29 is 22.4 Å². The number of hydrogen-bond donors (Lipinski definition) is 0. The average Bonchev–Trinajstić information content (AvgIpc) is 4.09. The molecule has 9 heteroatoms. The summed E-state index contributed by atoms with van der Waals surface area (Å²) < 4.78 is 67.4. The number of ketones is 1. The van der Waals surface area contributed by atoms with E-state index < -0.39 is 23.3 Å². The molecule has 0 unspecified atom stereocenters. The number of halogens is 4. The Balaban J connectivity index is 1.21. The van der Waals surface area contributed by atoms with E-state index in [1.807, 2.05) is 65.7 Å². The average molecular weight is 1050 g/mol. The van der Waals surface area contributed by atoms with Crippen LogP contribution in [-0.4, -0.2) is 10.4 Å². The number of rotatable bonds is 12. The molecule has 396 valence electrons. The first-order valence-corrected chi connectivity index (χ1v) is 26.8. The Morgan fingerprint density at radius 1 is 0.468 bits per heavy atom. The van der Waals surface area contributed by atoms with Gasteiger partial charge in [-0.05, 0) is 174 Å². The molecular formula is C70H62F4N4O. The predicted molar refractivity (Wildman–Crippen MR) is 316 cm³/mol. The largest absolute Gasteiger partial charge is 0.316 e. The molecule has 0 fully saturated rings. The molecule has 0 atom stereocenters. The highest BCUT2D eigenvalue weighted by molar-refractivity contribution is 6.18. The van der Waals surface area contributed by atoms with Crippen molar-refractivity contribution in [2.24, 2.45) is 0 Å². The van der Waals surface area contributed by atoms with Crippen molar-refractivity contribution in [3.8, 4) is 5.69 Å². The van der Waals surface area contributed by atoms with Crippen molar-refractivity contribution in [1.29, 1.82) is 0 Å². The van der Waals surface area contributed by atoms with Crippen LogP contribution in [0.1, 0.15) is 99.5 Å². The normalized spacial score (nSPS) is 13.7. The third-order valence-corrected chi connectivity index (χ3v) is 15.8. The van der Waals surface area contributed by atoms with E-state index in [4.69, 9.17) is 0 Å². The van der Waals surface area contributed by atoms with Gasteiger partial charge in [0, 0.05) is 56.8 Å². The van der Waals surface area contributed by atoms with Crippen LogP contribution in [0, 0.1) is 30.2 Å². The first kappa shape index (κ1) is 52.4. The Morgan fingerprint density at radius 3 is 1.39 bits per heavy atom. The van der Waals surface area contributed by atoms with Crippen molar-refractivity contribution in [1.82, 2.24) is 4.57 Å². The van der Waals surface area contributed by atoms with E-state index >= 15 is 22.4 Å². The fourth-order valence-electron chi connectivity index (χ4n) is 11.3. The Labute approximate surface area is 460 Å². The van der Waals surface area contributed by atoms with Gasteiger partial charge >= 0.3 is 0 Å². The van der Waals surface area contributed by atoms with Crippen molar-refractivity contribution in [2.75, 3.05) is 14.7 Å². The second kappa shape index (κ2) is 20.3. The lowest BCUT2D eigenvalue weighted by Crippen LogP contribution is -2.33. The Kier molecular flexibility index (Phi) is 13.4. The van der Waals surface area contributed by atoms with Crippen LogP contribution in [0.3, 0.4) is 0 Å². The molecule has 0 N–H and O–H groups in total. The smallest absolute Gasteiger partial charge is 0.195 e. The highest BCUT2D eigenvalue weighted by Crippen LogP contribution is 2.50. The molecule has 11 rings (SSSR count). The number of benzene rings is 9. The van der Waals surface area contributed by atoms with Gasteiger partial charge in [-0.3, -0.25) is 4.79 Å². The number of hydrogen-bond acceptors (Lipinski definition) is 4. The van der Waals surface area contributed by atoms with Crippen LogP contribution >= 0.6 is 0 Å². The number of aromatic nitrogens is 1. The number of carbonyl (C=O) groups excluding carboxylic acids is 1. The molecule has 1 aromatic heterocycles. The quantitative estimate of drug-likeness (QED) is 0.0901. The van der Waals surface area contributed by atoms with Crippen LogP contribution in [0.5, 0.6) is 0 Å². The Morgan fingerprint density at radius 2 is 0.899 bits per heavy atom. The molecule has 0 spiro atoms. The van der Waals surface area contributed by atoms with E-state index in [1.165, 1.54) is 40.3 Å². The second-order valence-electron chi connectivity index (χ2n) is 23.1. The fourth-order valence-corrected chi connectivity index (χ4v) is 11.3. The van der Waals surface area contributed by atoms with Crippen molar-refractivity contribution in [3.63, 3.8) is 0 Å². The molecule has 1 heterocycles. The topological polar surface area (TPSA) is 31.7 Å². The van der Waals surface area contributed by atoms with Gasteiger partial charge in [-0.2, -0.15) is 0 Å². The van der Waals surface area contributed by atoms with Crippen LogP contribution in [0.25, 0.3) is 16.6 Å². The van der Waals surface area contributed by atoms with Gasteiger partial charge in [0.1, 0.15) is 23.3 Å². The van der Waals surface area contributed by atoms with Gasteiger partial charge < -0.3 is 19.3 Å². The summed E-state index contributed by atoms with van der Waals surface area (Å²) in [5, 5.41) is 0.786. The van der Waals surface area contributed by atoms with Gasteiger partial charge in [0.25, 0.3) is 0 Å². The lowest BCUT2D eigenvalue weighted by Gasteiger charge is -2.42. The molecule has 79 heavy (non-hydrogen) atoms. The van der Waals surface area contributed by atoms with Crippen LogP contribution < -0.4 is 14.7 Å². The van der Waals surface area contributed by atoms with Crippen molar-refractivity contribution >= 4 is 67.9 Å². The molecule has 5 nitrogen and oxygen atoms in total. The van der Waals surface area contributed by atoms with Crippen LogP contribution in [0.4, 0.5) is 68.7 Å². The van der Waals surface area contributed by atoms with E-state index in [0.29, 0.717) is 34.0 Å². The summed E-state index contributed by atoms with van der Waals surface area (Å²) in [6.45, 7) is 17.6. The maximum absolute atomic E-state index is 16.6. The molecule has 0 saturated heterocycles. The summed E-state index contributed by atoms with van der Waals surface area (Å²) in [5.74, 6) is -2.63. The van der Waals surface area contributed by atoms with Gasteiger partial charge in [0.05, 0.1) is 28.3 Å². The molecule has 1 aliphatic carbocycles. The van der Waals surface area contributed by atoms with Crippen LogP contribution in [0.2, 0.25) is 0 Å². The Hall–Kier alpha value is -8.69. The third kappa shape index (κ3) is 9.77.